The molecule has 2 aromatic heterocycles. The highest BCUT2D eigenvalue weighted by Gasteiger charge is 2.19. The van der Waals surface area contributed by atoms with E-state index in [0.29, 0.717) is 30.2 Å². The Balaban J connectivity index is 1.46. The van der Waals surface area contributed by atoms with Gasteiger partial charge in [0.2, 0.25) is 5.78 Å². The number of fused-ring (bicyclic) bond motifs is 1. The number of aliphatic carboxylic acids is 1. The molecule has 2 heterocycles. The number of ether oxygens (including phenoxy) is 3. The molecule has 0 aliphatic carbocycles. The predicted octanol–water partition coefficient (Wildman–Crippen LogP) is 4.70. The normalized spacial score (nSPS) is 12.2. The van der Waals surface area contributed by atoms with Gasteiger partial charge >= 0.3 is 5.97 Å². The molecule has 0 amide bonds. The maximum Gasteiger partial charge on any atom is 0.335 e. The molecular formula is C30H31N3O6. The Labute approximate surface area is 226 Å². The van der Waals surface area contributed by atoms with Crippen LogP contribution >= 0.6 is 0 Å². The summed E-state index contributed by atoms with van der Waals surface area (Å²) in [5, 5.41) is 14.6. The van der Waals surface area contributed by atoms with Crippen LogP contribution in [0.5, 0.6) is 5.75 Å². The van der Waals surface area contributed by atoms with Crippen LogP contribution in [0.2, 0.25) is 0 Å². The van der Waals surface area contributed by atoms with Gasteiger partial charge in [-0.3, -0.25) is 14.5 Å². The van der Waals surface area contributed by atoms with Gasteiger partial charge in [0, 0.05) is 29.3 Å². The van der Waals surface area contributed by atoms with Crippen molar-refractivity contribution in [2.75, 3.05) is 20.3 Å². The summed E-state index contributed by atoms with van der Waals surface area (Å²) >= 11 is 0. The fraction of sp³-hybridized carbons (Fsp3) is 0.267. The molecule has 39 heavy (non-hydrogen) atoms. The molecular weight excluding hydrogens is 498 g/mol. The summed E-state index contributed by atoms with van der Waals surface area (Å²) in [5.41, 5.74) is 4.53. The number of aryl methyl sites for hydroxylation is 1. The van der Waals surface area contributed by atoms with E-state index in [9.17, 15) is 14.7 Å². The lowest BCUT2D eigenvalue weighted by Gasteiger charge is -2.14. The Hall–Kier alpha value is -4.34. The van der Waals surface area contributed by atoms with E-state index < -0.39 is 12.1 Å². The third-order valence-electron chi connectivity index (χ3n) is 6.15. The van der Waals surface area contributed by atoms with E-state index in [1.165, 1.54) is 0 Å². The average Bonchev–Trinajstić information content (AvgIpc) is 3.31. The second-order valence-electron chi connectivity index (χ2n) is 8.89. The van der Waals surface area contributed by atoms with Crippen molar-refractivity contribution in [2.24, 2.45) is 0 Å². The van der Waals surface area contributed by atoms with Gasteiger partial charge in [0.1, 0.15) is 11.4 Å². The quantitative estimate of drug-likeness (QED) is 0.248. The lowest BCUT2D eigenvalue weighted by Crippen LogP contribution is -2.29. The Bertz CT molecular complexity index is 1480. The van der Waals surface area contributed by atoms with Gasteiger partial charge in [0.25, 0.3) is 0 Å². The van der Waals surface area contributed by atoms with E-state index in [1.807, 2.05) is 67.6 Å². The average molecular weight is 530 g/mol. The molecule has 0 aliphatic heterocycles. The number of benzene rings is 2. The molecule has 0 spiro atoms. The molecule has 9 nitrogen and oxygen atoms in total. The Morgan fingerprint density at radius 1 is 1.13 bits per heavy atom. The van der Waals surface area contributed by atoms with E-state index in [0.717, 1.165) is 27.6 Å². The number of hydrogen-bond acceptors (Lipinski definition) is 7. The van der Waals surface area contributed by atoms with Crippen LogP contribution in [-0.4, -0.2) is 58.1 Å². The molecule has 202 valence electrons. The van der Waals surface area contributed by atoms with Crippen molar-refractivity contribution in [1.29, 1.82) is 0 Å². The van der Waals surface area contributed by atoms with Crippen LogP contribution < -0.4 is 4.74 Å². The maximum absolute atomic E-state index is 13.2. The van der Waals surface area contributed by atoms with Crippen LogP contribution in [-0.2, 0) is 27.4 Å². The lowest BCUT2D eigenvalue weighted by molar-refractivity contribution is -0.154. The maximum atomic E-state index is 13.2. The minimum atomic E-state index is -1.06. The molecule has 0 saturated carbocycles. The first-order valence-corrected chi connectivity index (χ1v) is 12.6. The molecule has 9 heteroatoms. The molecule has 0 bridgehead atoms. The number of carbonyl (C=O) groups is 2. The molecule has 4 aromatic rings. The SMILES string of the molecule is CCO[C@H](COCc1ccc(C=CCn2nc(C(=O)c3ccc(C)cc3)c3ccncc32)cc1OC)C(=O)O. The summed E-state index contributed by atoms with van der Waals surface area (Å²) in [7, 11) is 1.57. The van der Waals surface area contributed by atoms with Crippen LogP contribution in [0, 0.1) is 6.92 Å². The Kier molecular flexibility index (Phi) is 9.19. The van der Waals surface area contributed by atoms with Crippen molar-refractivity contribution >= 4 is 28.7 Å². The van der Waals surface area contributed by atoms with Crippen molar-refractivity contribution in [3.63, 3.8) is 0 Å². The van der Waals surface area contributed by atoms with Gasteiger partial charge in [-0.25, -0.2) is 4.79 Å². The molecule has 0 saturated heterocycles. The first kappa shape index (κ1) is 27.7. The number of methoxy groups -OCH3 is 1. The minimum absolute atomic E-state index is 0.0604. The summed E-state index contributed by atoms with van der Waals surface area (Å²) in [4.78, 5) is 28.6. The van der Waals surface area contributed by atoms with Crippen molar-refractivity contribution in [2.45, 2.75) is 33.1 Å². The fourth-order valence-corrected chi connectivity index (χ4v) is 4.11. The van der Waals surface area contributed by atoms with Crippen LogP contribution in [0.1, 0.15) is 39.7 Å². The topological polar surface area (TPSA) is 113 Å². The predicted molar refractivity (Wildman–Crippen MR) is 147 cm³/mol. The van der Waals surface area contributed by atoms with E-state index >= 15 is 0 Å². The van der Waals surface area contributed by atoms with Crippen LogP contribution in [0.25, 0.3) is 17.0 Å². The number of nitrogens with zero attached hydrogens (tertiary/aromatic N) is 3. The zero-order chi connectivity index (χ0) is 27.8. The minimum Gasteiger partial charge on any atom is -0.496 e. The molecule has 1 N–H and O–H groups in total. The van der Waals surface area contributed by atoms with Gasteiger partial charge < -0.3 is 19.3 Å². The van der Waals surface area contributed by atoms with Crippen LogP contribution in [0.3, 0.4) is 0 Å². The smallest absolute Gasteiger partial charge is 0.335 e. The number of rotatable bonds is 13. The molecule has 0 fully saturated rings. The number of aromatic nitrogens is 3. The van der Waals surface area contributed by atoms with Gasteiger partial charge in [-0.2, -0.15) is 5.10 Å². The number of carbonyl (C=O) groups excluding carboxylic acids is 1. The molecule has 2 aromatic carbocycles. The number of ketones is 1. The molecule has 0 aliphatic rings. The number of allylic oxidation sites excluding steroid dienone is 1. The zero-order valence-electron chi connectivity index (χ0n) is 22.2. The summed E-state index contributed by atoms with van der Waals surface area (Å²) < 4.78 is 18.0. The van der Waals surface area contributed by atoms with Crippen molar-refractivity contribution in [3.05, 3.63) is 94.9 Å². The monoisotopic (exact) mass is 529 g/mol. The summed E-state index contributed by atoms with van der Waals surface area (Å²) in [5.74, 6) is -0.566. The van der Waals surface area contributed by atoms with Crippen molar-refractivity contribution in [1.82, 2.24) is 14.8 Å². The van der Waals surface area contributed by atoms with Gasteiger partial charge in [-0.05, 0) is 31.5 Å². The highest BCUT2D eigenvalue weighted by Crippen LogP contribution is 2.23. The lowest BCUT2D eigenvalue weighted by atomic mass is 10.0. The van der Waals surface area contributed by atoms with E-state index in [2.05, 4.69) is 10.1 Å². The number of pyridine rings is 1. The van der Waals surface area contributed by atoms with Gasteiger partial charge in [0.15, 0.2) is 6.10 Å². The van der Waals surface area contributed by atoms with Crippen molar-refractivity contribution < 1.29 is 28.9 Å². The number of carboxylic acid groups (broad SMARTS) is 1. The molecule has 0 unspecified atom stereocenters. The number of carboxylic acids is 1. The standard InChI is InChI=1S/C30H31N3O6/c1-4-39-27(30(35)36)19-38-18-23-12-9-21(16-26(23)37-3)6-5-15-33-25-17-31-14-13-24(25)28(32-33)29(34)22-10-7-20(2)8-11-22/h5-14,16-17,27H,4,15,18-19H2,1-3H3,(H,35,36)/t27-/m1/s1. The first-order valence-electron chi connectivity index (χ1n) is 12.6. The summed E-state index contributed by atoms with van der Waals surface area (Å²) in [6, 6.07) is 14.9. The van der Waals surface area contributed by atoms with E-state index in [-0.39, 0.29) is 19.0 Å². The van der Waals surface area contributed by atoms with Gasteiger partial charge in [0.05, 0.1) is 38.6 Å². The number of hydrogen-bond donors (Lipinski definition) is 1. The largest absolute Gasteiger partial charge is 0.496 e. The van der Waals surface area contributed by atoms with Crippen molar-refractivity contribution in [3.8, 4) is 5.75 Å². The van der Waals surface area contributed by atoms with Crippen LogP contribution in [0.4, 0.5) is 0 Å². The summed E-state index contributed by atoms with van der Waals surface area (Å²) in [6.07, 6.45) is 6.25. The molecule has 4 rings (SSSR count). The van der Waals surface area contributed by atoms with E-state index in [4.69, 9.17) is 14.2 Å². The highest BCUT2D eigenvalue weighted by atomic mass is 16.5. The Morgan fingerprint density at radius 3 is 2.64 bits per heavy atom. The highest BCUT2D eigenvalue weighted by molar-refractivity contribution is 6.14. The van der Waals surface area contributed by atoms with E-state index in [1.54, 1.807) is 31.1 Å². The van der Waals surface area contributed by atoms with Gasteiger partial charge in [-0.1, -0.05) is 54.1 Å². The second kappa shape index (κ2) is 12.9. The third kappa shape index (κ3) is 6.76. The Morgan fingerprint density at radius 2 is 1.92 bits per heavy atom. The first-order chi connectivity index (χ1) is 18.9. The molecule has 0 radical (unpaired) electrons. The summed E-state index contributed by atoms with van der Waals surface area (Å²) in [6.45, 7) is 4.57. The molecule has 1 atom stereocenters. The third-order valence-corrected chi connectivity index (χ3v) is 6.15. The zero-order valence-corrected chi connectivity index (χ0v) is 22.2. The van der Waals surface area contributed by atoms with Crippen LogP contribution in [0.15, 0.2) is 67.0 Å². The fourth-order valence-electron chi connectivity index (χ4n) is 4.11. The van der Waals surface area contributed by atoms with Gasteiger partial charge in [-0.15, -0.1) is 0 Å². The second-order valence-corrected chi connectivity index (χ2v) is 8.89.